The Bertz CT molecular complexity index is 776. The van der Waals surface area contributed by atoms with E-state index in [2.05, 4.69) is 15.0 Å². The van der Waals surface area contributed by atoms with Gasteiger partial charge in [-0.25, -0.2) is 9.97 Å². The van der Waals surface area contributed by atoms with Gasteiger partial charge in [0.25, 0.3) is 0 Å². The summed E-state index contributed by atoms with van der Waals surface area (Å²) in [5.41, 5.74) is 7.28. The van der Waals surface area contributed by atoms with E-state index in [9.17, 15) is 0 Å². The highest BCUT2D eigenvalue weighted by molar-refractivity contribution is 7.71. The topological polar surface area (TPSA) is 67.6 Å². The van der Waals surface area contributed by atoms with Gasteiger partial charge in [0, 0.05) is 10.6 Å². The number of benzene rings is 1. The second kappa shape index (κ2) is 4.31. The number of rotatable bonds is 1. The van der Waals surface area contributed by atoms with Gasteiger partial charge in [-0.15, -0.1) is 0 Å². The molecule has 0 aliphatic carbocycles. The normalized spacial score (nSPS) is 10.9. The third-order valence-corrected chi connectivity index (χ3v) is 3.92. The first-order valence-corrected chi connectivity index (χ1v) is 6.66. The van der Waals surface area contributed by atoms with E-state index >= 15 is 0 Å². The Kier molecular flexibility index (Phi) is 2.77. The van der Waals surface area contributed by atoms with Crippen molar-refractivity contribution in [2.75, 3.05) is 5.73 Å². The predicted molar refractivity (Wildman–Crippen MR) is 77.5 cm³/mol. The molecule has 0 radical (unpaired) electrons. The fraction of sp³-hybridized carbons (Fsp3) is 0. The minimum Gasteiger partial charge on any atom is -0.369 e. The number of hydrogen-bond acceptors (Lipinski definition) is 5. The van der Waals surface area contributed by atoms with Gasteiger partial charge in [-0.1, -0.05) is 47.3 Å². The van der Waals surface area contributed by atoms with E-state index < -0.39 is 0 Å². The number of aromatic amines is 1. The van der Waals surface area contributed by atoms with E-state index in [1.807, 2.05) is 24.3 Å². The number of anilines is 1. The molecule has 0 bridgehead atoms. The van der Waals surface area contributed by atoms with E-state index in [1.54, 1.807) is 0 Å². The van der Waals surface area contributed by atoms with Crippen molar-refractivity contribution in [2.24, 2.45) is 0 Å². The van der Waals surface area contributed by atoms with Crippen LogP contribution in [-0.4, -0.2) is 15.0 Å². The van der Waals surface area contributed by atoms with E-state index in [0.717, 1.165) is 15.4 Å². The second-order valence-electron chi connectivity index (χ2n) is 3.63. The zero-order valence-corrected chi connectivity index (χ0v) is 11.4. The van der Waals surface area contributed by atoms with Crippen molar-refractivity contribution in [3.8, 4) is 10.6 Å². The lowest BCUT2D eigenvalue weighted by molar-refractivity contribution is 1.22. The number of fused-ring (bicyclic) bond motifs is 1. The maximum atomic E-state index is 5.86. The van der Waals surface area contributed by atoms with Crippen molar-refractivity contribution < 1.29 is 0 Å². The van der Waals surface area contributed by atoms with Crippen molar-refractivity contribution in [3.63, 3.8) is 0 Å². The van der Waals surface area contributed by atoms with Gasteiger partial charge >= 0.3 is 0 Å². The Labute approximate surface area is 116 Å². The van der Waals surface area contributed by atoms with Crippen LogP contribution in [0.4, 0.5) is 5.95 Å². The number of thiazole rings is 1. The molecule has 18 heavy (non-hydrogen) atoms. The monoisotopic (exact) mass is 294 g/mol. The average molecular weight is 295 g/mol. The van der Waals surface area contributed by atoms with Crippen molar-refractivity contribution in [1.29, 1.82) is 0 Å². The molecule has 2 heterocycles. The molecule has 2 aromatic heterocycles. The van der Waals surface area contributed by atoms with Gasteiger partial charge in [-0.05, 0) is 12.1 Å². The molecule has 0 unspecified atom stereocenters. The summed E-state index contributed by atoms with van der Waals surface area (Å²) in [5, 5.41) is 1.54. The fourth-order valence-electron chi connectivity index (χ4n) is 1.56. The molecule has 0 aliphatic rings. The maximum Gasteiger partial charge on any atom is 0.199 e. The van der Waals surface area contributed by atoms with E-state index in [1.165, 1.54) is 11.3 Å². The van der Waals surface area contributed by atoms with Crippen LogP contribution in [-0.2, 0) is 0 Å². The summed E-state index contributed by atoms with van der Waals surface area (Å²) < 4.78 is 0.508. The predicted octanol–water partition coefficient (Wildman–Crippen LogP) is 3.65. The van der Waals surface area contributed by atoms with Crippen LogP contribution >= 0.6 is 35.2 Å². The van der Waals surface area contributed by atoms with E-state index in [4.69, 9.17) is 29.6 Å². The minimum atomic E-state index is 0.304. The van der Waals surface area contributed by atoms with E-state index in [0.29, 0.717) is 21.1 Å². The van der Waals surface area contributed by atoms with Gasteiger partial charge in [-0.3, -0.25) is 0 Å². The molecule has 3 rings (SSSR count). The molecule has 0 amide bonds. The molecule has 0 aliphatic heterocycles. The molecule has 0 saturated heterocycles. The van der Waals surface area contributed by atoms with Crippen molar-refractivity contribution in [3.05, 3.63) is 33.9 Å². The highest BCUT2D eigenvalue weighted by atomic mass is 35.5. The van der Waals surface area contributed by atoms with Gasteiger partial charge in [0.2, 0.25) is 0 Å². The number of H-pyrrole nitrogens is 1. The number of aromatic nitrogens is 3. The molecule has 90 valence electrons. The smallest absolute Gasteiger partial charge is 0.199 e. The summed E-state index contributed by atoms with van der Waals surface area (Å²) in [6.07, 6.45) is 0. The van der Waals surface area contributed by atoms with Crippen LogP contribution in [0.2, 0.25) is 5.02 Å². The average Bonchev–Trinajstić information content (AvgIpc) is 2.74. The molecular formula is C11H7ClN4S2. The zero-order chi connectivity index (χ0) is 12.7. The minimum absolute atomic E-state index is 0.304. The molecule has 0 saturated carbocycles. The van der Waals surface area contributed by atoms with Gasteiger partial charge in [0.05, 0.1) is 0 Å². The number of nitrogens with zero attached hydrogens (tertiary/aromatic N) is 2. The summed E-state index contributed by atoms with van der Waals surface area (Å²) in [6.45, 7) is 0. The lowest BCUT2D eigenvalue weighted by Crippen LogP contribution is -1.93. The van der Waals surface area contributed by atoms with Gasteiger partial charge in [0.1, 0.15) is 15.2 Å². The summed E-state index contributed by atoms with van der Waals surface area (Å²) >= 11 is 12.5. The maximum absolute atomic E-state index is 5.86. The Balaban J connectivity index is 2.22. The molecule has 3 N–H and O–H groups in total. The second-order valence-corrected chi connectivity index (χ2v) is 5.45. The van der Waals surface area contributed by atoms with Crippen molar-refractivity contribution >= 4 is 51.5 Å². The first-order valence-electron chi connectivity index (χ1n) is 5.06. The van der Waals surface area contributed by atoms with Crippen LogP contribution in [0, 0.1) is 4.64 Å². The molecule has 3 aromatic rings. The van der Waals surface area contributed by atoms with Crippen LogP contribution in [0.3, 0.4) is 0 Å². The Morgan fingerprint density at radius 2 is 1.94 bits per heavy atom. The first-order chi connectivity index (χ1) is 8.63. The molecule has 7 heteroatoms. The molecule has 4 nitrogen and oxygen atoms in total. The molecule has 0 fully saturated rings. The summed E-state index contributed by atoms with van der Waals surface area (Å²) in [4.78, 5) is 12.2. The van der Waals surface area contributed by atoms with Crippen LogP contribution in [0.5, 0.6) is 0 Å². The number of nitrogens with one attached hydrogen (secondary N) is 1. The summed E-state index contributed by atoms with van der Waals surface area (Å²) in [5.74, 6) is 0.304. The van der Waals surface area contributed by atoms with Gasteiger partial charge < -0.3 is 10.7 Å². The van der Waals surface area contributed by atoms with Crippen molar-refractivity contribution in [1.82, 2.24) is 15.0 Å². The van der Waals surface area contributed by atoms with Gasteiger partial charge in [0.15, 0.2) is 10.8 Å². The Morgan fingerprint density at radius 1 is 1.22 bits per heavy atom. The number of nitrogens with two attached hydrogens (primary N) is 1. The molecule has 0 atom stereocenters. The summed E-state index contributed by atoms with van der Waals surface area (Å²) in [6, 6.07) is 7.48. The SMILES string of the molecule is Nc1nc2sc(-c3ccc(Cl)cc3)nc2c(=S)[nH]1. The Hall–Kier alpha value is -1.50. The highest BCUT2D eigenvalue weighted by Gasteiger charge is 2.09. The van der Waals surface area contributed by atoms with Crippen LogP contribution < -0.4 is 5.73 Å². The highest BCUT2D eigenvalue weighted by Crippen LogP contribution is 2.30. The lowest BCUT2D eigenvalue weighted by atomic mass is 10.2. The third kappa shape index (κ3) is 1.98. The third-order valence-electron chi connectivity index (χ3n) is 2.38. The van der Waals surface area contributed by atoms with Crippen LogP contribution in [0.1, 0.15) is 0 Å². The molecule has 1 aromatic carbocycles. The summed E-state index contributed by atoms with van der Waals surface area (Å²) in [7, 11) is 0. The zero-order valence-electron chi connectivity index (χ0n) is 8.98. The quantitative estimate of drug-likeness (QED) is 0.672. The largest absolute Gasteiger partial charge is 0.369 e. The number of hydrogen-bond donors (Lipinski definition) is 2. The molecule has 0 spiro atoms. The first kappa shape index (κ1) is 11.6. The lowest BCUT2D eigenvalue weighted by Gasteiger charge is -1.94. The van der Waals surface area contributed by atoms with Crippen LogP contribution in [0.25, 0.3) is 20.9 Å². The molecular weight excluding hydrogens is 288 g/mol. The van der Waals surface area contributed by atoms with Crippen molar-refractivity contribution in [2.45, 2.75) is 0 Å². The Morgan fingerprint density at radius 3 is 2.67 bits per heavy atom. The van der Waals surface area contributed by atoms with Gasteiger partial charge in [-0.2, -0.15) is 0 Å². The fourth-order valence-corrected chi connectivity index (χ4v) is 2.96. The standard InChI is InChI=1S/C11H7ClN4S2/c12-6-3-1-5(2-4-6)9-14-7-8(17)15-11(13)16-10(7)18-9/h1-4H,(H3,13,15,16,17). The van der Waals surface area contributed by atoms with E-state index in [-0.39, 0.29) is 0 Å². The number of nitrogen functional groups attached to an aromatic ring is 1. The number of halogens is 1. The van der Waals surface area contributed by atoms with Crippen LogP contribution in [0.15, 0.2) is 24.3 Å².